The lowest BCUT2D eigenvalue weighted by molar-refractivity contribution is 0.356. The zero-order valence-corrected chi connectivity index (χ0v) is 21.4. The fourth-order valence-electron chi connectivity index (χ4n) is 4.85. The molecule has 5 heteroatoms. The SMILES string of the molecule is COc1ccc(Cc2nccc3c(OC)c(OC)ccc23)c(-c2ccc(-c3ccccc3)cc2)c1OC. The fraction of sp³-hybridized carbons (Fsp3) is 0.156. The van der Waals surface area contributed by atoms with Gasteiger partial charge in [-0.05, 0) is 46.5 Å². The average Bonchev–Trinajstić information content (AvgIpc) is 2.96. The third-order valence-electron chi connectivity index (χ3n) is 6.64. The Hall–Kier alpha value is -4.51. The molecule has 0 aliphatic rings. The van der Waals surface area contributed by atoms with Gasteiger partial charge in [0.1, 0.15) is 0 Å². The molecule has 0 spiro atoms. The summed E-state index contributed by atoms with van der Waals surface area (Å²) in [5.41, 5.74) is 6.39. The van der Waals surface area contributed by atoms with Crippen molar-refractivity contribution in [2.45, 2.75) is 6.42 Å². The Labute approximate surface area is 217 Å². The van der Waals surface area contributed by atoms with Gasteiger partial charge in [0.2, 0.25) is 0 Å². The van der Waals surface area contributed by atoms with Crippen LogP contribution in [-0.4, -0.2) is 33.4 Å². The van der Waals surface area contributed by atoms with Gasteiger partial charge in [0.15, 0.2) is 23.0 Å². The minimum absolute atomic E-state index is 0.600. The van der Waals surface area contributed by atoms with E-state index in [1.54, 1.807) is 28.4 Å². The predicted octanol–water partition coefficient (Wildman–Crippen LogP) is 7.19. The Bertz CT molecular complexity index is 1530. The summed E-state index contributed by atoms with van der Waals surface area (Å²) in [6, 6.07) is 28.8. The first kappa shape index (κ1) is 24.2. The molecule has 0 N–H and O–H groups in total. The molecule has 0 unspecified atom stereocenters. The van der Waals surface area contributed by atoms with Crippen LogP contribution in [0.4, 0.5) is 0 Å². The number of nitrogens with zero attached hydrogens (tertiary/aromatic N) is 1. The van der Waals surface area contributed by atoms with E-state index < -0.39 is 0 Å². The molecular formula is C32H29NO4. The standard InChI is InChI=1S/C32H29NO4/c1-34-28-17-15-25-26(31(28)36-3)18-19-33-27(25)20-24-14-16-29(35-2)32(37-4)30(24)23-12-10-22(11-13-23)21-8-6-5-7-9-21/h5-19H,20H2,1-4H3. The van der Waals surface area contributed by atoms with Crippen molar-refractivity contribution in [3.63, 3.8) is 0 Å². The molecule has 5 rings (SSSR count). The summed E-state index contributed by atoms with van der Waals surface area (Å²) in [6.45, 7) is 0. The van der Waals surface area contributed by atoms with E-state index in [0.717, 1.165) is 38.7 Å². The van der Waals surface area contributed by atoms with Crippen LogP contribution in [-0.2, 0) is 6.42 Å². The van der Waals surface area contributed by atoms with Crippen molar-refractivity contribution in [3.8, 4) is 45.3 Å². The Morgan fingerprint density at radius 3 is 1.84 bits per heavy atom. The molecule has 0 radical (unpaired) electrons. The summed E-state index contributed by atoms with van der Waals surface area (Å²) in [5, 5.41) is 1.97. The van der Waals surface area contributed by atoms with Gasteiger partial charge < -0.3 is 18.9 Å². The van der Waals surface area contributed by atoms with E-state index in [1.165, 1.54) is 5.56 Å². The van der Waals surface area contributed by atoms with Crippen LogP contribution in [0.1, 0.15) is 11.3 Å². The summed E-state index contributed by atoms with van der Waals surface area (Å²) < 4.78 is 22.7. The summed E-state index contributed by atoms with van der Waals surface area (Å²) in [4.78, 5) is 4.75. The highest BCUT2D eigenvalue weighted by Gasteiger charge is 2.19. The lowest BCUT2D eigenvalue weighted by Crippen LogP contribution is -2.01. The van der Waals surface area contributed by atoms with E-state index >= 15 is 0 Å². The van der Waals surface area contributed by atoms with Crippen LogP contribution in [0.2, 0.25) is 0 Å². The molecule has 5 aromatic rings. The topological polar surface area (TPSA) is 49.8 Å². The molecule has 1 aromatic heterocycles. The first-order valence-corrected chi connectivity index (χ1v) is 12.1. The van der Waals surface area contributed by atoms with Crippen LogP contribution >= 0.6 is 0 Å². The van der Waals surface area contributed by atoms with Gasteiger partial charge in [-0.1, -0.05) is 60.7 Å². The summed E-state index contributed by atoms with van der Waals surface area (Å²) in [5.74, 6) is 2.78. The Balaban J connectivity index is 1.63. The second-order valence-electron chi connectivity index (χ2n) is 8.61. The maximum absolute atomic E-state index is 5.89. The number of fused-ring (bicyclic) bond motifs is 1. The molecule has 0 fully saturated rings. The van der Waals surface area contributed by atoms with E-state index in [9.17, 15) is 0 Å². The van der Waals surface area contributed by atoms with E-state index in [0.29, 0.717) is 29.4 Å². The molecule has 4 aromatic carbocycles. The predicted molar refractivity (Wildman–Crippen MR) is 148 cm³/mol. The minimum atomic E-state index is 0.600. The van der Waals surface area contributed by atoms with Crippen LogP contribution in [0.25, 0.3) is 33.0 Å². The zero-order chi connectivity index (χ0) is 25.8. The lowest BCUT2D eigenvalue weighted by Gasteiger charge is -2.18. The molecule has 186 valence electrons. The summed E-state index contributed by atoms with van der Waals surface area (Å²) >= 11 is 0. The number of methoxy groups -OCH3 is 4. The van der Waals surface area contributed by atoms with Gasteiger partial charge >= 0.3 is 0 Å². The van der Waals surface area contributed by atoms with Gasteiger partial charge in [-0.25, -0.2) is 0 Å². The van der Waals surface area contributed by atoms with Crippen molar-refractivity contribution in [1.29, 1.82) is 0 Å². The van der Waals surface area contributed by atoms with Crippen LogP contribution < -0.4 is 18.9 Å². The first-order valence-electron chi connectivity index (χ1n) is 12.1. The first-order chi connectivity index (χ1) is 18.2. The number of ether oxygens (including phenoxy) is 4. The molecule has 0 saturated heterocycles. The number of aromatic nitrogens is 1. The summed E-state index contributed by atoms with van der Waals surface area (Å²) in [6.07, 6.45) is 2.41. The molecular weight excluding hydrogens is 462 g/mol. The number of hydrogen-bond donors (Lipinski definition) is 0. The maximum atomic E-state index is 5.89. The molecule has 0 saturated carbocycles. The monoisotopic (exact) mass is 491 g/mol. The number of pyridine rings is 1. The molecule has 1 heterocycles. The third-order valence-corrected chi connectivity index (χ3v) is 6.64. The van der Waals surface area contributed by atoms with Crippen molar-refractivity contribution in [1.82, 2.24) is 4.98 Å². The molecule has 0 amide bonds. The average molecular weight is 492 g/mol. The van der Waals surface area contributed by atoms with Crippen LogP contribution in [0.15, 0.2) is 91.1 Å². The molecule has 0 atom stereocenters. The van der Waals surface area contributed by atoms with Crippen LogP contribution in [0.5, 0.6) is 23.0 Å². The highest BCUT2D eigenvalue weighted by Crippen LogP contribution is 2.43. The van der Waals surface area contributed by atoms with Crippen molar-refractivity contribution in [3.05, 3.63) is 102 Å². The lowest BCUT2D eigenvalue weighted by atomic mass is 9.92. The highest BCUT2D eigenvalue weighted by atomic mass is 16.5. The van der Waals surface area contributed by atoms with Gasteiger partial charge in [0.05, 0.1) is 34.1 Å². The quantitative estimate of drug-likeness (QED) is 0.230. The molecule has 0 bridgehead atoms. The Kier molecular flexibility index (Phi) is 6.95. The Morgan fingerprint density at radius 2 is 1.16 bits per heavy atom. The number of benzene rings is 4. The van der Waals surface area contributed by atoms with Crippen molar-refractivity contribution < 1.29 is 18.9 Å². The van der Waals surface area contributed by atoms with Gasteiger partial charge in [-0.15, -0.1) is 0 Å². The smallest absolute Gasteiger partial charge is 0.168 e. The van der Waals surface area contributed by atoms with Crippen molar-refractivity contribution in [2.75, 3.05) is 28.4 Å². The van der Waals surface area contributed by atoms with E-state index in [1.807, 2.05) is 48.7 Å². The van der Waals surface area contributed by atoms with Gasteiger partial charge in [0.25, 0.3) is 0 Å². The largest absolute Gasteiger partial charge is 0.493 e. The highest BCUT2D eigenvalue weighted by molar-refractivity contribution is 5.92. The minimum Gasteiger partial charge on any atom is -0.493 e. The molecule has 0 aliphatic carbocycles. The second kappa shape index (κ2) is 10.6. The second-order valence-corrected chi connectivity index (χ2v) is 8.61. The van der Waals surface area contributed by atoms with Crippen LogP contribution in [0.3, 0.4) is 0 Å². The van der Waals surface area contributed by atoms with E-state index in [2.05, 4.69) is 42.5 Å². The molecule has 5 nitrogen and oxygen atoms in total. The number of hydrogen-bond acceptors (Lipinski definition) is 5. The summed E-state index contributed by atoms with van der Waals surface area (Å²) in [7, 11) is 6.64. The van der Waals surface area contributed by atoms with Gasteiger partial charge in [0, 0.05) is 29.0 Å². The van der Waals surface area contributed by atoms with Crippen LogP contribution in [0, 0.1) is 0 Å². The normalized spacial score (nSPS) is 10.8. The third kappa shape index (κ3) is 4.56. The van der Waals surface area contributed by atoms with Crippen molar-refractivity contribution >= 4 is 10.8 Å². The maximum Gasteiger partial charge on any atom is 0.168 e. The fourth-order valence-corrected chi connectivity index (χ4v) is 4.85. The molecule has 0 aliphatic heterocycles. The number of rotatable bonds is 8. The molecule has 37 heavy (non-hydrogen) atoms. The Morgan fingerprint density at radius 1 is 0.541 bits per heavy atom. The van der Waals surface area contributed by atoms with E-state index in [4.69, 9.17) is 23.9 Å². The van der Waals surface area contributed by atoms with Crippen molar-refractivity contribution in [2.24, 2.45) is 0 Å². The zero-order valence-electron chi connectivity index (χ0n) is 21.4. The van der Waals surface area contributed by atoms with E-state index in [-0.39, 0.29) is 0 Å². The van der Waals surface area contributed by atoms with Gasteiger partial charge in [-0.2, -0.15) is 0 Å². The van der Waals surface area contributed by atoms with Gasteiger partial charge in [-0.3, -0.25) is 4.98 Å².